The van der Waals surface area contributed by atoms with Gasteiger partial charge < -0.3 is 10.2 Å². The lowest BCUT2D eigenvalue weighted by atomic mass is 10.1. The molecule has 2 N–H and O–H groups in total. The Balaban J connectivity index is 1.48. The van der Waals surface area contributed by atoms with Crippen LogP contribution in [-0.4, -0.2) is 53.2 Å². The number of hydrogen-bond donors (Lipinski definition) is 2. The normalized spacial score (nSPS) is 17.1. The topological polar surface area (TPSA) is 116 Å². The minimum Gasteiger partial charge on any atom is -0.370 e. The van der Waals surface area contributed by atoms with Crippen molar-refractivity contribution >= 4 is 54.4 Å². The lowest BCUT2D eigenvalue weighted by molar-refractivity contribution is 0.102. The average Bonchev–Trinajstić information content (AvgIpc) is 3.51. The Morgan fingerprint density at radius 1 is 0.769 bits per heavy atom. The fraction of sp³-hybridized carbons (Fsp3) is 0.370. The van der Waals surface area contributed by atoms with Crippen molar-refractivity contribution in [1.29, 1.82) is 0 Å². The minimum absolute atomic E-state index is 0.131. The van der Waals surface area contributed by atoms with E-state index < -0.39 is 26.0 Å². The van der Waals surface area contributed by atoms with Crippen LogP contribution in [0.5, 0.6) is 0 Å². The van der Waals surface area contributed by atoms with Crippen molar-refractivity contribution in [2.45, 2.75) is 47.6 Å². The van der Waals surface area contributed by atoms with Crippen LogP contribution in [0.15, 0.2) is 69.1 Å². The number of thiophene rings is 1. The molecule has 0 spiro atoms. The SMILES string of the molecule is O=C(Nc1cc(S(=O)(=O)N2CCCCC2)ccc1N1CCCCC1)c1ccccc1NS(=O)(=O)c1cccs1. The molecule has 0 atom stereocenters. The number of para-hydroxylation sites is 1. The Morgan fingerprint density at radius 2 is 1.46 bits per heavy atom. The smallest absolute Gasteiger partial charge is 0.271 e. The van der Waals surface area contributed by atoms with E-state index in [-0.39, 0.29) is 20.4 Å². The summed E-state index contributed by atoms with van der Waals surface area (Å²) in [6.45, 7) is 2.57. The van der Waals surface area contributed by atoms with Crippen LogP contribution >= 0.6 is 11.3 Å². The summed E-state index contributed by atoms with van der Waals surface area (Å²) >= 11 is 1.08. The molecule has 39 heavy (non-hydrogen) atoms. The molecule has 0 unspecified atom stereocenters. The molecule has 208 valence electrons. The van der Waals surface area contributed by atoms with Gasteiger partial charge in [0.25, 0.3) is 15.9 Å². The van der Waals surface area contributed by atoms with Gasteiger partial charge in [0.2, 0.25) is 10.0 Å². The molecular formula is C27H32N4O5S3. The van der Waals surface area contributed by atoms with E-state index in [2.05, 4.69) is 14.9 Å². The Bertz CT molecular complexity index is 1530. The van der Waals surface area contributed by atoms with Gasteiger partial charge in [0, 0.05) is 26.2 Å². The van der Waals surface area contributed by atoms with Crippen LogP contribution in [0.4, 0.5) is 17.1 Å². The minimum atomic E-state index is -3.87. The molecule has 1 amide bonds. The second kappa shape index (κ2) is 11.7. The Hall–Kier alpha value is -2.93. The number of amides is 1. The molecule has 2 fully saturated rings. The number of nitrogens with zero attached hydrogens (tertiary/aromatic N) is 2. The molecular weight excluding hydrogens is 557 g/mol. The number of anilines is 3. The number of hydrogen-bond acceptors (Lipinski definition) is 7. The van der Waals surface area contributed by atoms with Crippen molar-refractivity contribution in [2.75, 3.05) is 41.1 Å². The third-order valence-corrected chi connectivity index (χ3v) is 11.7. The highest BCUT2D eigenvalue weighted by Gasteiger charge is 2.28. The number of carbonyl (C=O) groups is 1. The molecule has 0 radical (unpaired) electrons. The summed E-state index contributed by atoms with van der Waals surface area (Å²) < 4.78 is 56.7. The Morgan fingerprint density at radius 3 is 2.15 bits per heavy atom. The summed E-state index contributed by atoms with van der Waals surface area (Å²) in [6.07, 6.45) is 5.80. The highest BCUT2D eigenvalue weighted by atomic mass is 32.2. The molecule has 3 heterocycles. The second-order valence-corrected chi connectivity index (χ2v) is 14.5. The van der Waals surface area contributed by atoms with Gasteiger partial charge in [-0.05, 0) is 73.9 Å². The number of rotatable bonds is 8. The molecule has 0 bridgehead atoms. The predicted octanol–water partition coefficient (Wildman–Crippen LogP) is 4.97. The van der Waals surface area contributed by atoms with Gasteiger partial charge in [0.05, 0.1) is 27.5 Å². The van der Waals surface area contributed by atoms with Crippen molar-refractivity contribution in [1.82, 2.24) is 4.31 Å². The largest absolute Gasteiger partial charge is 0.370 e. The van der Waals surface area contributed by atoms with Crippen LogP contribution in [-0.2, 0) is 20.0 Å². The van der Waals surface area contributed by atoms with E-state index in [9.17, 15) is 21.6 Å². The average molecular weight is 589 g/mol. The number of carbonyl (C=O) groups excluding carboxylic acids is 1. The summed E-state index contributed by atoms with van der Waals surface area (Å²) in [4.78, 5) is 15.9. The van der Waals surface area contributed by atoms with Gasteiger partial charge in [-0.25, -0.2) is 16.8 Å². The number of nitrogens with one attached hydrogen (secondary N) is 2. The number of benzene rings is 2. The predicted molar refractivity (Wildman–Crippen MR) is 155 cm³/mol. The molecule has 2 aromatic carbocycles. The molecule has 1 aromatic heterocycles. The number of piperidine rings is 2. The van der Waals surface area contributed by atoms with Crippen molar-refractivity contribution in [3.63, 3.8) is 0 Å². The van der Waals surface area contributed by atoms with E-state index in [4.69, 9.17) is 0 Å². The monoisotopic (exact) mass is 588 g/mol. The van der Waals surface area contributed by atoms with E-state index in [1.807, 2.05) is 0 Å². The fourth-order valence-electron chi connectivity index (χ4n) is 5.01. The first kappa shape index (κ1) is 27.6. The van der Waals surface area contributed by atoms with E-state index in [1.165, 1.54) is 28.6 Å². The highest BCUT2D eigenvalue weighted by molar-refractivity contribution is 7.94. The van der Waals surface area contributed by atoms with E-state index in [0.29, 0.717) is 18.8 Å². The molecule has 5 rings (SSSR count). The maximum Gasteiger partial charge on any atom is 0.271 e. The molecule has 0 aliphatic carbocycles. The lowest BCUT2D eigenvalue weighted by Crippen LogP contribution is -2.36. The van der Waals surface area contributed by atoms with Crippen molar-refractivity contribution in [3.8, 4) is 0 Å². The van der Waals surface area contributed by atoms with Crippen LogP contribution < -0.4 is 14.9 Å². The maximum absolute atomic E-state index is 13.6. The molecule has 2 aliphatic rings. The summed E-state index contributed by atoms with van der Waals surface area (Å²) in [5.41, 5.74) is 1.40. The van der Waals surface area contributed by atoms with E-state index >= 15 is 0 Å². The molecule has 2 saturated heterocycles. The quantitative estimate of drug-likeness (QED) is 0.384. The zero-order valence-electron chi connectivity index (χ0n) is 21.5. The van der Waals surface area contributed by atoms with Crippen molar-refractivity contribution in [3.05, 3.63) is 65.5 Å². The lowest BCUT2D eigenvalue weighted by Gasteiger charge is -2.31. The first-order valence-corrected chi connectivity index (χ1v) is 16.9. The maximum atomic E-state index is 13.6. The third kappa shape index (κ3) is 6.13. The van der Waals surface area contributed by atoms with Gasteiger partial charge in [0.1, 0.15) is 4.21 Å². The van der Waals surface area contributed by atoms with Gasteiger partial charge in [0.15, 0.2) is 0 Å². The first-order valence-electron chi connectivity index (χ1n) is 13.1. The Labute approximate surface area is 233 Å². The van der Waals surface area contributed by atoms with Gasteiger partial charge in [-0.15, -0.1) is 11.3 Å². The molecule has 9 nitrogen and oxygen atoms in total. The Kier molecular flexibility index (Phi) is 8.27. The van der Waals surface area contributed by atoms with E-state index in [0.717, 1.165) is 68.6 Å². The summed E-state index contributed by atoms with van der Waals surface area (Å²) in [6, 6.07) is 14.4. The molecule has 0 saturated carbocycles. The highest BCUT2D eigenvalue weighted by Crippen LogP contribution is 2.34. The van der Waals surface area contributed by atoms with Gasteiger partial charge in [-0.2, -0.15) is 4.31 Å². The van der Waals surface area contributed by atoms with Gasteiger partial charge >= 0.3 is 0 Å². The number of sulfonamides is 2. The van der Waals surface area contributed by atoms with Crippen molar-refractivity contribution < 1.29 is 21.6 Å². The van der Waals surface area contributed by atoms with Crippen LogP contribution in [0.1, 0.15) is 48.9 Å². The summed E-state index contributed by atoms with van der Waals surface area (Å²) in [7, 11) is -7.58. The van der Waals surface area contributed by atoms with Crippen molar-refractivity contribution in [2.24, 2.45) is 0 Å². The van der Waals surface area contributed by atoms with Gasteiger partial charge in [-0.1, -0.05) is 24.6 Å². The third-order valence-electron chi connectivity index (χ3n) is 7.04. The van der Waals surface area contributed by atoms with Gasteiger partial charge in [-0.3, -0.25) is 9.52 Å². The van der Waals surface area contributed by atoms with Crippen LogP contribution in [0.25, 0.3) is 0 Å². The first-order chi connectivity index (χ1) is 18.8. The molecule has 2 aliphatic heterocycles. The second-order valence-electron chi connectivity index (χ2n) is 9.73. The zero-order chi connectivity index (χ0) is 27.5. The standard InChI is InChI=1S/C27H32N4O5S3/c32-27(22-10-3-4-11-23(22)29-38(33,34)26-12-9-19-37-26)28-24-20-21(39(35,36)31-17-7-2-8-18-31)13-14-25(24)30-15-5-1-6-16-30/h3-4,9-14,19-20,29H,1-2,5-8,15-18H2,(H,28,32). The molecule has 12 heteroatoms. The molecule has 3 aromatic rings. The zero-order valence-corrected chi connectivity index (χ0v) is 24.0. The fourth-order valence-corrected chi connectivity index (χ4v) is 8.63. The summed E-state index contributed by atoms with van der Waals surface area (Å²) in [5, 5.41) is 4.57. The van der Waals surface area contributed by atoms with Crippen LogP contribution in [0.2, 0.25) is 0 Å². The van der Waals surface area contributed by atoms with Crippen LogP contribution in [0.3, 0.4) is 0 Å². The summed E-state index contributed by atoms with van der Waals surface area (Å²) in [5.74, 6) is -0.537. The van der Waals surface area contributed by atoms with E-state index in [1.54, 1.807) is 35.7 Å². The van der Waals surface area contributed by atoms with Crippen LogP contribution in [0, 0.1) is 0 Å².